The molecule has 0 saturated carbocycles. The van der Waals surface area contributed by atoms with Gasteiger partial charge in [0.15, 0.2) is 0 Å². The van der Waals surface area contributed by atoms with E-state index in [0.29, 0.717) is 0 Å². The summed E-state index contributed by atoms with van der Waals surface area (Å²) in [6, 6.07) is 0. The fourth-order valence-electron chi connectivity index (χ4n) is 0.307. The van der Waals surface area contributed by atoms with Crippen molar-refractivity contribution in [2.45, 2.75) is 13.8 Å². The second kappa shape index (κ2) is 4.28. The summed E-state index contributed by atoms with van der Waals surface area (Å²) in [5.74, 6) is 0. The van der Waals surface area contributed by atoms with Crippen LogP contribution in [-0.2, 0) is 0 Å². The Balaban J connectivity index is 0.000000490. The predicted octanol–water partition coefficient (Wildman–Crippen LogP) is -1.44. The molecule has 0 amide bonds. The molecule has 0 atom stereocenters. The Morgan fingerprint density at radius 1 is 1.50 bits per heavy atom. The second-order valence-corrected chi connectivity index (χ2v) is 2.45. The van der Waals surface area contributed by atoms with E-state index in [0.717, 1.165) is 0 Å². The van der Waals surface area contributed by atoms with Crippen LogP contribution in [0.3, 0.4) is 0 Å². The van der Waals surface area contributed by atoms with E-state index in [9.17, 15) is 0 Å². The smallest absolute Gasteiger partial charge is 0.324 e. The standard InChI is InChI=1S/C5H6NS.Rb/c1-4-3-6-7-5(4)2;/h1-2H3;/q-1;+1. The normalized spacial score (nSPS) is 8.25. The minimum Gasteiger partial charge on any atom is -0.324 e. The average Bonchev–Trinajstić information content (AvgIpc) is 1.91. The van der Waals surface area contributed by atoms with Crippen molar-refractivity contribution in [2.75, 3.05) is 0 Å². The van der Waals surface area contributed by atoms with Gasteiger partial charge in [-0.1, -0.05) is 13.8 Å². The molecule has 1 nitrogen and oxygen atoms in total. The first kappa shape index (κ1) is 9.44. The zero-order valence-corrected chi connectivity index (χ0v) is 11.1. The molecule has 0 unspecified atom stereocenters. The molecule has 0 bridgehead atoms. The van der Waals surface area contributed by atoms with Gasteiger partial charge >= 0.3 is 58.2 Å². The summed E-state index contributed by atoms with van der Waals surface area (Å²) in [5.41, 5.74) is 1.17. The molecular weight excluding hydrogens is 192 g/mol. The van der Waals surface area contributed by atoms with Crippen LogP contribution in [0.15, 0.2) is 0 Å². The van der Waals surface area contributed by atoms with Crippen LogP contribution in [0.5, 0.6) is 0 Å². The van der Waals surface area contributed by atoms with E-state index >= 15 is 0 Å². The Kier molecular flexibility index (Phi) is 5.05. The number of aromatic nitrogens is 1. The number of aryl methyl sites for hydroxylation is 2. The monoisotopic (exact) mass is 197 g/mol. The van der Waals surface area contributed by atoms with E-state index in [1.165, 1.54) is 22.0 Å². The third kappa shape index (κ3) is 2.35. The van der Waals surface area contributed by atoms with Gasteiger partial charge in [0, 0.05) is 0 Å². The van der Waals surface area contributed by atoms with Crippen molar-refractivity contribution in [2.24, 2.45) is 0 Å². The van der Waals surface area contributed by atoms with Crippen LogP contribution in [0.4, 0.5) is 0 Å². The zero-order chi connectivity index (χ0) is 5.28. The summed E-state index contributed by atoms with van der Waals surface area (Å²) < 4.78 is 3.84. The molecule has 0 aromatic carbocycles. The first-order valence-electron chi connectivity index (χ1n) is 2.11. The summed E-state index contributed by atoms with van der Waals surface area (Å²) in [6.07, 6.45) is 2.84. The maximum absolute atomic E-state index is 3.84. The average molecular weight is 198 g/mol. The van der Waals surface area contributed by atoms with Crippen LogP contribution < -0.4 is 58.2 Å². The van der Waals surface area contributed by atoms with Crippen LogP contribution in [0.2, 0.25) is 0 Å². The first-order chi connectivity index (χ1) is 3.30. The Morgan fingerprint density at radius 2 is 2.12 bits per heavy atom. The maximum Gasteiger partial charge on any atom is 1.00 e. The van der Waals surface area contributed by atoms with Crippen LogP contribution >= 0.6 is 11.5 Å². The van der Waals surface area contributed by atoms with Crippen LogP contribution in [0.1, 0.15) is 10.4 Å². The zero-order valence-electron chi connectivity index (χ0n) is 5.36. The topological polar surface area (TPSA) is 12.9 Å². The maximum atomic E-state index is 3.84. The van der Waals surface area contributed by atoms with Crippen molar-refractivity contribution >= 4 is 11.5 Å². The van der Waals surface area contributed by atoms with Crippen LogP contribution in [0.25, 0.3) is 0 Å². The predicted molar refractivity (Wildman–Crippen MR) is 30.4 cm³/mol. The van der Waals surface area contributed by atoms with Gasteiger partial charge in [-0.15, -0.1) is 11.1 Å². The number of rotatable bonds is 0. The number of hydrogen-bond donors (Lipinski definition) is 0. The van der Waals surface area contributed by atoms with E-state index in [1.54, 1.807) is 0 Å². The fourth-order valence-corrected chi connectivity index (χ4v) is 0.809. The quantitative estimate of drug-likeness (QED) is 0.465. The minimum atomic E-state index is 0. The second-order valence-electron chi connectivity index (χ2n) is 1.48. The van der Waals surface area contributed by atoms with Gasteiger partial charge in [-0.3, -0.25) is 0 Å². The molecule has 38 valence electrons. The molecular formula is C5H6NRbS. The third-order valence-corrected chi connectivity index (χ3v) is 1.69. The van der Waals surface area contributed by atoms with Gasteiger partial charge in [0.2, 0.25) is 0 Å². The third-order valence-electron chi connectivity index (χ3n) is 0.924. The number of nitrogens with zero attached hydrogens (tertiary/aromatic N) is 1. The Hall–Kier alpha value is 1.44. The molecule has 1 rings (SSSR count). The van der Waals surface area contributed by atoms with Crippen molar-refractivity contribution in [1.82, 2.24) is 4.37 Å². The molecule has 0 aliphatic heterocycles. The molecule has 0 spiro atoms. The molecule has 1 aromatic rings. The SMILES string of the molecule is Cc1[c-]nsc1C.[Rb+]. The summed E-state index contributed by atoms with van der Waals surface area (Å²) >= 11 is 1.50. The minimum absolute atomic E-state index is 0. The van der Waals surface area contributed by atoms with Crippen molar-refractivity contribution in [3.63, 3.8) is 0 Å². The molecule has 0 fully saturated rings. The molecule has 0 saturated heterocycles. The van der Waals surface area contributed by atoms with Crippen molar-refractivity contribution in [3.8, 4) is 0 Å². The van der Waals surface area contributed by atoms with Gasteiger partial charge < -0.3 is 4.37 Å². The van der Waals surface area contributed by atoms with E-state index in [2.05, 4.69) is 10.6 Å². The first-order valence-corrected chi connectivity index (χ1v) is 2.88. The van der Waals surface area contributed by atoms with Crippen molar-refractivity contribution in [1.29, 1.82) is 0 Å². The van der Waals surface area contributed by atoms with E-state index in [4.69, 9.17) is 0 Å². The van der Waals surface area contributed by atoms with Gasteiger partial charge in [0.1, 0.15) is 0 Å². The van der Waals surface area contributed by atoms with Gasteiger partial charge in [-0.25, -0.2) is 0 Å². The number of hydrogen-bond acceptors (Lipinski definition) is 2. The van der Waals surface area contributed by atoms with Gasteiger partial charge in [0.25, 0.3) is 0 Å². The molecule has 8 heavy (non-hydrogen) atoms. The van der Waals surface area contributed by atoms with Crippen molar-refractivity contribution < 1.29 is 58.2 Å². The Morgan fingerprint density at radius 3 is 2.25 bits per heavy atom. The Bertz CT molecular complexity index is 145. The van der Waals surface area contributed by atoms with E-state index in [1.807, 2.05) is 13.8 Å². The molecule has 1 heterocycles. The molecule has 3 heteroatoms. The largest absolute Gasteiger partial charge is 1.00 e. The fraction of sp³-hybridized carbons (Fsp3) is 0.400. The summed E-state index contributed by atoms with van der Waals surface area (Å²) in [6.45, 7) is 4.06. The Labute approximate surface area is 102 Å². The summed E-state index contributed by atoms with van der Waals surface area (Å²) in [7, 11) is 0. The molecule has 0 aliphatic carbocycles. The van der Waals surface area contributed by atoms with Crippen molar-refractivity contribution in [3.05, 3.63) is 16.6 Å². The van der Waals surface area contributed by atoms with Gasteiger partial charge in [-0.2, -0.15) is 17.1 Å². The van der Waals surface area contributed by atoms with E-state index in [-0.39, 0.29) is 58.2 Å². The molecule has 0 radical (unpaired) electrons. The van der Waals surface area contributed by atoms with Crippen LogP contribution in [0, 0.1) is 20.0 Å². The van der Waals surface area contributed by atoms with Gasteiger partial charge in [0.05, 0.1) is 0 Å². The summed E-state index contributed by atoms with van der Waals surface area (Å²) in [4.78, 5) is 1.26. The summed E-state index contributed by atoms with van der Waals surface area (Å²) in [5, 5.41) is 0. The van der Waals surface area contributed by atoms with E-state index < -0.39 is 0 Å². The molecule has 1 aromatic heterocycles. The molecule has 0 N–H and O–H groups in total. The van der Waals surface area contributed by atoms with Gasteiger partial charge in [-0.05, 0) is 0 Å². The molecule has 0 aliphatic rings. The van der Waals surface area contributed by atoms with Crippen LogP contribution in [-0.4, -0.2) is 4.37 Å².